The molecule has 168 valence electrons. The van der Waals surface area contributed by atoms with Crippen molar-refractivity contribution >= 4 is 17.9 Å². The number of hydrogen-bond acceptors (Lipinski definition) is 9. The van der Waals surface area contributed by atoms with E-state index in [2.05, 4.69) is 43.8 Å². The molecule has 0 aliphatic carbocycles. The maximum atomic E-state index is 5.43. The summed E-state index contributed by atoms with van der Waals surface area (Å²) in [7, 11) is 5.21. The molecule has 0 saturated heterocycles. The summed E-state index contributed by atoms with van der Waals surface area (Å²) in [5.41, 5.74) is 2.60. The Bertz CT molecular complexity index is 953. The molecule has 11 heteroatoms. The smallest absolute Gasteiger partial charge is 0.235 e. The third kappa shape index (κ3) is 5.60. The van der Waals surface area contributed by atoms with Crippen LogP contribution in [0.3, 0.4) is 0 Å². The van der Waals surface area contributed by atoms with Gasteiger partial charge >= 0.3 is 0 Å². The van der Waals surface area contributed by atoms with Crippen molar-refractivity contribution in [2.45, 2.75) is 38.0 Å². The van der Waals surface area contributed by atoms with Gasteiger partial charge in [0.15, 0.2) is 5.82 Å². The number of nitrogens with zero attached hydrogens (tertiary/aromatic N) is 7. The second-order valence-electron chi connectivity index (χ2n) is 7.45. The van der Waals surface area contributed by atoms with Crippen molar-refractivity contribution in [3.05, 3.63) is 36.0 Å². The zero-order chi connectivity index (χ0) is 22.4. The predicted molar refractivity (Wildman–Crippen MR) is 121 cm³/mol. The lowest BCUT2D eigenvalue weighted by molar-refractivity contribution is 0.0908. The Morgan fingerprint density at radius 1 is 1.10 bits per heavy atom. The Morgan fingerprint density at radius 3 is 2.42 bits per heavy atom. The van der Waals surface area contributed by atoms with Crippen LogP contribution < -0.4 is 4.72 Å². The lowest BCUT2D eigenvalue weighted by Gasteiger charge is -2.22. The Balaban J connectivity index is 1.82. The molecule has 0 bridgehead atoms. The summed E-state index contributed by atoms with van der Waals surface area (Å²) in [6.07, 6.45) is 5.52. The molecule has 2 atom stereocenters. The van der Waals surface area contributed by atoms with Gasteiger partial charge in [0.1, 0.15) is 5.69 Å². The van der Waals surface area contributed by atoms with E-state index in [4.69, 9.17) is 9.47 Å². The third-order valence-corrected chi connectivity index (χ3v) is 6.11. The molecular formula is C20H30N8O2S. The van der Waals surface area contributed by atoms with Gasteiger partial charge in [-0.15, -0.1) is 10.2 Å². The summed E-state index contributed by atoms with van der Waals surface area (Å²) < 4.78 is 18.0. The molecule has 0 amide bonds. The zero-order valence-corrected chi connectivity index (χ0v) is 19.6. The van der Waals surface area contributed by atoms with Gasteiger partial charge in [-0.25, -0.2) is 0 Å². The van der Waals surface area contributed by atoms with Gasteiger partial charge in [0.2, 0.25) is 5.95 Å². The van der Waals surface area contributed by atoms with Crippen molar-refractivity contribution in [3.63, 3.8) is 0 Å². The average molecular weight is 447 g/mol. The molecule has 3 rings (SSSR count). The van der Waals surface area contributed by atoms with Crippen molar-refractivity contribution in [1.82, 2.24) is 34.5 Å². The van der Waals surface area contributed by atoms with Gasteiger partial charge in [-0.1, -0.05) is 13.8 Å². The number of anilines is 1. The minimum atomic E-state index is -0.110. The average Bonchev–Trinajstić information content (AvgIpc) is 3.37. The molecule has 10 nitrogen and oxygen atoms in total. The summed E-state index contributed by atoms with van der Waals surface area (Å²) in [5.74, 6) is 1.48. The van der Waals surface area contributed by atoms with Crippen molar-refractivity contribution in [2.24, 2.45) is 7.05 Å². The number of nitrogens with one attached hydrogen (secondary N) is 1. The highest BCUT2D eigenvalue weighted by Crippen LogP contribution is 2.30. The maximum absolute atomic E-state index is 5.43. The van der Waals surface area contributed by atoms with E-state index in [0.29, 0.717) is 25.0 Å². The topological polar surface area (TPSA) is 105 Å². The third-order valence-electron chi connectivity index (χ3n) is 5.03. The first-order valence-electron chi connectivity index (χ1n) is 10.1. The minimum Gasteiger partial charge on any atom is -0.382 e. The minimum absolute atomic E-state index is 0.110. The molecule has 3 heterocycles. The van der Waals surface area contributed by atoms with Crippen LogP contribution >= 0.6 is 11.9 Å². The number of hydrogen-bond donors (Lipinski definition) is 1. The maximum Gasteiger partial charge on any atom is 0.235 e. The fourth-order valence-electron chi connectivity index (χ4n) is 3.12. The Hall–Kier alpha value is -2.50. The largest absolute Gasteiger partial charge is 0.382 e. The van der Waals surface area contributed by atoms with Crippen LogP contribution in [0.5, 0.6) is 0 Å². The molecule has 1 N–H and O–H groups in total. The van der Waals surface area contributed by atoms with Crippen molar-refractivity contribution < 1.29 is 9.47 Å². The summed E-state index contributed by atoms with van der Waals surface area (Å²) in [6, 6.07) is 1.80. The molecule has 31 heavy (non-hydrogen) atoms. The van der Waals surface area contributed by atoms with E-state index in [1.165, 1.54) is 0 Å². The molecule has 2 unspecified atom stereocenters. The quantitative estimate of drug-likeness (QED) is 0.445. The van der Waals surface area contributed by atoms with Crippen LogP contribution in [0.4, 0.5) is 5.95 Å². The van der Waals surface area contributed by atoms with Gasteiger partial charge < -0.3 is 9.47 Å². The van der Waals surface area contributed by atoms with Gasteiger partial charge in [-0.2, -0.15) is 5.10 Å². The van der Waals surface area contributed by atoms with Gasteiger partial charge in [-0.05, 0) is 24.9 Å². The van der Waals surface area contributed by atoms with Crippen LogP contribution in [-0.2, 0) is 16.5 Å². The second-order valence-corrected chi connectivity index (χ2v) is 8.64. The van der Waals surface area contributed by atoms with Crippen molar-refractivity contribution in [1.29, 1.82) is 0 Å². The van der Waals surface area contributed by atoms with Gasteiger partial charge in [0.05, 0.1) is 30.6 Å². The zero-order valence-electron chi connectivity index (χ0n) is 18.8. The number of rotatable bonds is 11. The molecule has 3 aromatic rings. The molecular weight excluding hydrogens is 416 g/mol. The standard InChI is InChI=1S/C20H30N8O2S/c1-13-9-22-18(10-21-13)14(2)15(3)31-26-20-24-23-19(17-7-8-27(4)25-17)28(20)16(11-29-5)12-30-6/h7-10,14-16H,11-12H2,1-6H3,(H,24,26). The van der Waals surface area contributed by atoms with Crippen molar-refractivity contribution in [3.8, 4) is 11.5 Å². The number of methoxy groups -OCH3 is 2. The highest BCUT2D eigenvalue weighted by Gasteiger charge is 2.25. The number of aromatic nitrogens is 7. The van der Waals surface area contributed by atoms with Crippen LogP contribution in [-0.4, -0.2) is 67.2 Å². The fourth-order valence-corrected chi connectivity index (χ4v) is 3.90. The predicted octanol–water partition coefficient (Wildman–Crippen LogP) is 2.86. The van der Waals surface area contributed by atoms with E-state index in [-0.39, 0.29) is 17.2 Å². The SMILES string of the molecule is COCC(COC)n1c(NSC(C)C(C)c2cnc(C)cn2)nnc1-c1ccn(C)n1. The molecule has 0 fully saturated rings. The first-order valence-corrected chi connectivity index (χ1v) is 11.0. The van der Waals surface area contributed by atoms with Crippen LogP contribution in [0.15, 0.2) is 24.7 Å². The van der Waals surface area contributed by atoms with Gasteiger partial charge in [-0.3, -0.25) is 23.9 Å². The molecule has 0 aromatic carbocycles. The lowest BCUT2D eigenvalue weighted by atomic mass is 10.1. The first kappa shape index (κ1) is 23.2. The van der Waals surface area contributed by atoms with Crippen LogP contribution in [0.1, 0.15) is 37.2 Å². The summed E-state index contributed by atoms with van der Waals surface area (Å²) >= 11 is 1.57. The van der Waals surface area contributed by atoms with E-state index in [1.807, 2.05) is 37.0 Å². The van der Waals surface area contributed by atoms with E-state index >= 15 is 0 Å². The summed E-state index contributed by atoms with van der Waals surface area (Å²) in [4.78, 5) is 8.88. The molecule has 0 saturated carbocycles. The molecule has 0 aliphatic heterocycles. The normalized spacial score (nSPS) is 13.5. The number of aryl methyl sites for hydroxylation is 2. The Morgan fingerprint density at radius 2 is 1.84 bits per heavy atom. The van der Waals surface area contributed by atoms with Gasteiger partial charge in [0, 0.05) is 51.0 Å². The molecule has 3 aromatic heterocycles. The second kappa shape index (κ2) is 10.7. The number of ether oxygens (including phenoxy) is 2. The molecule has 0 spiro atoms. The lowest BCUT2D eigenvalue weighted by Crippen LogP contribution is -2.22. The van der Waals surface area contributed by atoms with Crippen LogP contribution in [0.25, 0.3) is 11.5 Å². The van der Waals surface area contributed by atoms with Crippen molar-refractivity contribution in [2.75, 3.05) is 32.2 Å². The van der Waals surface area contributed by atoms with E-state index in [1.54, 1.807) is 37.0 Å². The fraction of sp³-hybridized carbons (Fsp3) is 0.550. The summed E-state index contributed by atoms with van der Waals surface area (Å²) in [6.45, 7) is 7.13. The van der Waals surface area contributed by atoms with Gasteiger partial charge in [0.25, 0.3) is 0 Å². The van der Waals surface area contributed by atoms with E-state index < -0.39 is 0 Å². The van der Waals surface area contributed by atoms with E-state index in [9.17, 15) is 0 Å². The Labute approximate surface area is 186 Å². The summed E-state index contributed by atoms with van der Waals surface area (Å²) in [5, 5.41) is 13.5. The van der Waals surface area contributed by atoms with E-state index in [0.717, 1.165) is 17.1 Å². The highest BCUT2D eigenvalue weighted by molar-refractivity contribution is 8.01. The highest BCUT2D eigenvalue weighted by atomic mass is 32.2. The van der Waals surface area contributed by atoms with Crippen LogP contribution in [0, 0.1) is 6.92 Å². The molecule has 0 radical (unpaired) electrons. The van der Waals surface area contributed by atoms with Crippen LogP contribution in [0.2, 0.25) is 0 Å². The monoisotopic (exact) mass is 446 g/mol. The Kier molecular flexibility index (Phi) is 7.99. The first-order chi connectivity index (χ1) is 14.9. The molecule has 0 aliphatic rings.